The van der Waals surface area contributed by atoms with E-state index in [0.717, 1.165) is 16.6 Å². The maximum absolute atomic E-state index is 12.7. The lowest BCUT2D eigenvalue weighted by Gasteiger charge is -2.21. The van der Waals surface area contributed by atoms with Gasteiger partial charge >= 0.3 is 0 Å². The second kappa shape index (κ2) is 10.2. The SMILES string of the molecule is C=C/C=C(\C=C/CSC1CCCC1)C(OC)C(N)CF. The predicted molar refractivity (Wildman–Crippen MR) is 86.9 cm³/mol. The Balaban J connectivity index is 2.52. The number of alkyl halides is 1. The molecule has 1 fully saturated rings. The van der Waals surface area contributed by atoms with E-state index in [0.29, 0.717) is 0 Å². The first-order chi connectivity index (χ1) is 9.72. The van der Waals surface area contributed by atoms with Crippen molar-refractivity contribution in [3.8, 4) is 0 Å². The van der Waals surface area contributed by atoms with Crippen molar-refractivity contribution in [2.75, 3.05) is 19.5 Å². The third-order valence-corrected chi connectivity index (χ3v) is 4.83. The minimum atomic E-state index is -0.640. The van der Waals surface area contributed by atoms with Gasteiger partial charge in [-0.2, -0.15) is 11.8 Å². The zero-order valence-corrected chi connectivity index (χ0v) is 13.1. The van der Waals surface area contributed by atoms with Crippen LogP contribution in [0.4, 0.5) is 4.39 Å². The molecule has 114 valence electrons. The van der Waals surface area contributed by atoms with Gasteiger partial charge in [0, 0.05) is 18.1 Å². The van der Waals surface area contributed by atoms with Crippen molar-refractivity contribution >= 4 is 11.8 Å². The lowest BCUT2D eigenvalue weighted by Crippen LogP contribution is -2.39. The molecular formula is C16H26FNOS. The van der Waals surface area contributed by atoms with Crippen LogP contribution in [0.5, 0.6) is 0 Å². The molecular weight excluding hydrogens is 273 g/mol. The number of nitrogens with two attached hydrogens (primary N) is 1. The van der Waals surface area contributed by atoms with Gasteiger partial charge in [0.2, 0.25) is 0 Å². The minimum Gasteiger partial charge on any atom is -0.375 e. The van der Waals surface area contributed by atoms with E-state index in [4.69, 9.17) is 10.5 Å². The summed E-state index contributed by atoms with van der Waals surface area (Å²) in [5.74, 6) is 0.973. The highest BCUT2D eigenvalue weighted by Crippen LogP contribution is 2.29. The van der Waals surface area contributed by atoms with Gasteiger partial charge in [-0.05, 0) is 18.4 Å². The van der Waals surface area contributed by atoms with Gasteiger partial charge in [0.25, 0.3) is 0 Å². The summed E-state index contributed by atoms with van der Waals surface area (Å²) in [7, 11) is 1.55. The summed E-state index contributed by atoms with van der Waals surface area (Å²) in [6.45, 7) is 3.09. The molecule has 20 heavy (non-hydrogen) atoms. The molecule has 0 aromatic heterocycles. The van der Waals surface area contributed by atoms with Crippen molar-refractivity contribution in [2.45, 2.75) is 43.1 Å². The molecule has 1 aliphatic rings. The quantitative estimate of drug-likeness (QED) is 0.660. The highest BCUT2D eigenvalue weighted by Gasteiger charge is 2.20. The Labute approximate surface area is 126 Å². The molecule has 0 heterocycles. The number of allylic oxidation sites excluding steroid dienone is 2. The highest BCUT2D eigenvalue weighted by molar-refractivity contribution is 8.00. The Morgan fingerprint density at radius 2 is 2.20 bits per heavy atom. The summed E-state index contributed by atoms with van der Waals surface area (Å²) in [4.78, 5) is 0. The molecule has 0 radical (unpaired) electrons. The lowest BCUT2D eigenvalue weighted by molar-refractivity contribution is 0.102. The summed E-state index contributed by atoms with van der Waals surface area (Å²) in [5.41, 5.74) is 6.62. The second-order valence-corrected chi connectivity index (χ2v) is 6.35. The Bertz CT molecular complexity index is 337. The maximum atomic E-state index is 12.7. The van der Waals surface area contributed by atoms with Crippen molar-refractivity contribution in [1.82, 2.24) is 0 Å². The van der Waals surface area contributed by atoms with Crippen LogP contribution in [-0.2, 0) is 4.74 Å². The van der Waals surface area contributed by atoms with E-state index in [1.807, 2.05) is 23.9 Å². The van der Waals surface area contributed by atoms with Crippen molar-refractivity contribution in [3.63, 3.8) is 0 Å². The van der Waals surface area contributed by atoms with E-state index in [1.54, 1.807) is 13.2 Å². The first-order valence-electron chi connectivity index (χ1n) is 7.18. The van der Waals surface area contributed by atoms with Crippen LogP contribution in [0.3, 0.4) is 0 Å². The van der Waals surface area contributed by atoms with Gasteiger partial charge in [-0.3, -0.25) is 0 Å². The molecule has 0 aromatic rings. The number of thioether (sulfide) groups is 1. The molecule has 2 nitrogen and oxygen atoms in total. The number of methoxy groups -OCH3 is 1. The van der Waals surface area contributed by atoms with Gasteiger partial charge < -0.3 is 10.5 Å². The number of hydrogen-bond acceptors (Lipinski definition) is 3. The van der Waals surface area contributed by atoms with Gasteiger partial charge in [0.1, 0.15) is 6.67 Å². The largest absolute Gasteiger partial charge is 0.375 e. The van der Waals surface area contributed by atoms with Crippen LogP contribution < -0.4 is 5.73 Å². The summed E-state index contributed by atoms with van der Waals surface area (Å²) < 4.78 is 18.0. The van der Waals surface area contributed by atoms with Crippen molar-refractivity contribution in [3.05, 3.63) is 36.5 Å². The predicted octanol–water partition coefficient (Wildman–Crippen LogP) is 3.64. The van der Waals surface area contributed by atoms with Gasteiger partial charge in [0.15, 0.2) is 0 Å². The van der Waals surface area contributed by atoms with Gasteiger partial charge in [-0.15, -0.1) is 0 Å². The zero-order valence-electron chi connectivity index (χ0n) is 12.3. The van der Waals surface area contributed by atoms with Crippen LogP contribution in [0.15, 0.2) is 36.5 Å². The van der Waals surface area contributed by atoms with E-state index in [-0.39, 0.29) is 0 Å². The van der Waals surface area contributed by atoms with Crippen LogP contribution in [0.25, 0.3) is 0 Å². The van der Waals surface area contributed by atoms with E-state index in [2.05, 4.69) is 12.7 Å². The van der Waals surface area contributed by atoms with Gasteiger partial charge in [0.05, 0.1) is 12.1 Å². The van der Waals surface area contributed by atoms with Crippen molar-refractivity contribution in [1.29, 1.82) is 0 Å². The Morgan fingerprint density at radius 3 is 2.75 bits per heavy atom. The summed E-state index contributed by atoms with van der Waals surface area (Å²) >= 11 is 1.99. The summed E-state index contributed by atoms with van der Waals surface area (Å²) in [6.07, 6.45) is 12.6. The number of hydrogen-bond donors (Lipinski definition) is 1. The number of ether oxygens (including phenoxy) is 1. The van der Waals surface area contributed by atoms with E-state index < -0.39 is 18.8 Å². The smallest absolute Gasteiger partial charge is 0.107 e. The van der Waals surface area contributed by atoms with Crippen molar-refractivity contribution < 1.29 is 9.13 Å². The van der Waals surface area contributed by atoms with E-state index in [9.17, 15) is 4.39 Å². The highest BCUT2D eigenvalue weighted by atomic mass is 32.2. The third kappa shape index (κ3) is 5.81. The monoisotopic (exact) mass is 299 g/mol. The standard InChI is InChI=1S/C16H26FNOS/c1-3-7-13(16(19-2)15(18)12-17)8-6-11-20-14-9-4-5-10-14/h3,6-8,14-16H,1,4-5,9-12,18H2,2H3/b8-6-,13-7+. The first-order valence-corrected chi connectivity index (χ1v) is 8.22. The average Bonchev–Trinajstić information content (AvgIpc) is 2.97. The van der Waals surface area contributed by atoms with Crippen LogP contribution in [-0.4, -0.2) is 36.9 Å². The molecule has 0 spiro atoms. The van der Waals surface area contributed by atoms with Crippen LogP contribution >= 0.6 is 11.8 Å². The van der Waals surface area contributed by atoms with Gasteiger partial charge in [-0.1, -0.05) is 43.7 Å². The molecule has 0 aliphatic heterocycles. The fraction of sp³-hybridized carbons (Fsp3) is 0.625. The first kappa shape index (κ1) is 17.5. The maximum Gasteiger partial charge on any atom is 0.107 e. The lowest BCUT2D eigenvalue weighted by atomic mass is 10.0. The fourth-order valence-corrected chi connectivity index (χ4v) is 3.60. The molecule has 1 rings (SSSR count). The Kier molecular flexibility index (Phi) is 8.90. The molecule has 2 atom stereocenters. The number of halogens is 1. The Morgan fingerprint density at radius 1 is 1.50 bits per heavy atom. The molecule has 2 unspecified atom stereocenters. The molecule has 0 amide bonds. The summed E-state index contributed by atoms with van der Waals surface area (Å²) in [6, 6.07) is -0.640. The molecule has 0 saturated heterocycles. The third-order valence-electron chi connectivity index (χ3n) is 3.50. The molecule has 1 aliphatic carbocycles. The number of rotatable bonds is 9. The minimum absolute atomic E-state index is 0.425. The van der Waals surface area contributed by atoms with Gasteiger partial charge in [-0.25, -0.2) is 4.39 Å². The fourth-order valence-electron chi connectivity index (χ4n) is 2.45. The Hall–Kier alpha value is -0.580. The zero-order chi connectivity index (χ0) is 14.8. The van der Waals surface area contributed by atoms with Crippen LogP contribution in [0.2, 0.25) is 0 Å². The van der Waals surface area contributed by atoms with Crippen molar-refractivity contribution in [2.24, 2.45) is 5.73 Å². The molecule has 0 bridgehead atoms. The average molecular weight is 299 g/mol. The second-order valence-electron chi connectivity index (χ2n) is 5.02. The molecule has 1 saturated carbocycles. The molecule has 4 heteroatoms. The van der Waals surface area contributed by atoms with E-state index >= 15 is 0 Å². The van der Waals surface area contributed by atoms with E-state index in [1.165, 1.54) is 25.7 Å². The molecule has 0 aromatic carbocycles. The normalized spacial score (nSPS) is 20.4. The van der Waals surface area contributed by atoms with Crippen LogP contribution in [0, 0.1) is 0 Å². The summed E-state index contributed by atoms with van der Waals surface area (Å²) in [5, 5.41) is 0.804. The topological polar surface area (TPSA) is 35.2 Å². The van der Waals surface area contributed by atoms with Crippen LogP contribution in [0.1, 0.15) is 25.7 Å². The molecule has 2 N–H and O–H groups in total.